The molecule has 10 atom stereocenters. The van der Waals surface area contributed by atoms with Gasteiger partial charge in [-0.1, -0.05) is 57.2 Å². The van der Waals surface area contributed by atoms with Gasteiger partial charge < -0.3 is 5.11 Å². The first-order valence-electron chi connectivity index (χ1n) is 12.0. The first kappa shape index (κ1) is 20.9. The van der Waals surface area contributed by atoms with Gasteiger partial charge in [0.2, 0.25) is 0 Å². The molecule has 0 aromatic heterocycles. The van der Waals surface area contributed by atoms with E-state index < -0.39 is 0 Å². The molecule has 4 aliphatic rings. The minimum Gasteiger partial charge on any atom is -0.390 e. The molecule has 0 spiro atoms. The summed E-state index contributed by atoms with van der Waals surface area (Å²) in [4.78, 5) is 0. The van der Waals surface area contributed by atoms with Crippen molar-refractivity contribution in [3.8, 4) is 0 Å². The molecule has 27 heavy (non-hydrogen) atoms. The number of alkyl halides is 1. The molecule has 2 heteroatoms. The SMILES string of the molecule is CC[C@]1(O)CC[C@@]2(C)[C@@H](CC[C@@H]3[C@@H]2CC[C@@]2(C)[C@H]3C[C@@H](C)[C@@H]2C(C)CI)C1. The highest BCUT2D eigenvalue weighted by Gasteiger charge is 2.62. The van der Waals surface area contributed by atoms with E-state index in [9.17, 15) is 5.11 Å². The second-order valence-corrected chi connectivity index (χ2v) is 12.7. The number of hydrogen-bond donors (Lipinski definition) is 1. The third-order valence-electron chi connectivity index (χ3n) is 10.8. The molecule has 0 radical (unpaired) electrons. The third kappa shape index (κ3) is 3.08. The van der Waals surface area contributed by atoms with E-state index in [1.165, 1.54) is 43.0 Å². The van der Waals surface area contributed by atoms with E-state index in [1.807, 2.05) is 0 Å². The van der Waals surface area contributed by atoms with Crippen LogP contribution in [0.3, 0.4) is 0 Å². The molecular weight excluding hydrogens is 443 g/mol. The van der Waals surface area contributed by atoms with Crippen LogP contribution in [0.25, 0.3) is 0 Å². The zero-order valence-corrected chi connectivity index (χ0v) is 20.6. The van der Waals surface area contributed by atoms with E-state index in [4.69, 9.17) is 0 Å². The standard InChI is InChI=1S/C25H43IO/c1-6-25(27)12-11-23(4)18(14-25)7-8-19-20(23)9-10-24(5)21(19)13-16(2)22(24)17(3)15-26/h16-22,27H,6-15H2,1-5H3/t16-,17?,18+,19-,20+,21+,22-,23+,24+,25+/m1/s1. The fourth-order valence-electron chi connectivity index (χ4n) is 9.35. The van der Waals surface area contributed by atoms with Crippen molar-refractivity contribution < 1.29 is 5.11 Å². The first-order chi connectivity index (χ1) is 12.7. The molecule has 4 fully saturated rings. The average molecular weight is 487 g/mol. The number of halogens is 1. The van der Waals surface area contributed by atoms with Gasteiger partial charge in [-0.15, -0.1) is 0 Å². The Morgan fingerprint density at radius 1 is 1.04 bits per heavy atom. The van der Waals surface area contributed by atoms with Crippen LogP contribution in [0.2, 0.25) is 0 Å². The average Bonchev–Trinajstić information content (AvgIpc) is 2.92. The van der Waals surface area contributed by atoms with E-state index in [0.29, 0.717) is 10.8 Å². The molecule has 0 saturated heterocycles. The Morgan fingerprint density at radius 3 is 2.44 bits per heavy atom. The maximum atomic E-state index is 11.0. The van der Waals surface area contributed by atoms with Crippen LogP contribution >= 0.6 is 22.6 Å². The molecule has 0 heterocycles. The van der Waals surface area contributed by atoms with Gasteiger partial charge in [0.15, 0.2) is 0 Å². The Balaban J connectivity index is 1.59. The zero-order valence-electron chi connectivity index (χ0n) is 18.4. The topological polar surface area (TPSA) is 20.2 Å². The van der Waals surface area contributed by atoms with Crippen LogP contribution in [0.1, 0.15) is 92.4 Å². The fourth-order valence-corrected chi connectivity index (χ4v) is 9.90. The van der Waals surface area contributed by atoms with E-state index in [1.54, 1.807) is 0 Å². The summed E-state index contributed by atoms with van der Waals surface area (Å²) in [7, 11) is 0. The predicted molar refractivity (Wildman–Crippen MR) is 123 cm³/mol. The highest BCUT2D eigenvalue weighted by molar-refractivity contribution is 14.1. The lowest BCUT2D eigenvalue weighted by molar-refractivity contribution is -0.152. The summed E-state index contributed by atoms with van der Waals surface area (Å²) >= 11 is 2.63. The van der Waals surface area contributed by atoms with Crippen molar-refractivity contribution >= 4 is 22.6 Å². The van der Waals surface area contributed by atoms with E-state index in [2.05, 4.69) is 57.2 Å². The predicted octanol–water partition coefficient (Wildman–Crippen LogP) is 7.10. The van der Waals surface area contributed by atoms with Crippen LogP contribution in [0.15, 0.2) is 0 Å². The molecule has 156 valence electrons. The molecule has 4 aliphatic carbocycles. The summed E-state index contributed by atoms with van der Waals surface area (Å²) in [5.41, 5.74) is 0.734. The summed E-state index contributed by atoms with van der Waals surface area (Å²) in [6, 6.07) is 0. The number of aliphatic hydroxyl groups is 1. The minimum absolute atomic E-state index is 0.358. The molecule has 1 nitrogen and oxygen atoms in total. The molecule has 4 rings (SSSR count). The van der Waals surface area contributed by atoms with Gasteiger partial charge >= 0.3 is 0 Å². The smallest absolute Gasteiger partial charge is 0.0648 e. The van der Waals surface area contributed by atoms with Gasteiger partial charge in [0.1, 0.15) is 0 Å². The Labute approximate surface area is 182 Å². The van der Waals surface area contributed by atoms with Crippen molar-refractivity contribution in [2.75, 3.05) is 4.43 Å². The third-order valence-corrected chi connectivity index (χ3v) is 12.2. The lowest BCUT2D eigenvalue weighted by Crippen LogP contribution is -2.56. The summed E-state index contributed by atoms with van der Waals surface area (Å²) in [6.45, 7) is 12.6. The van der Waals surface area contributed by atoms with E-state index in [-0.39, 0.29) is 5.60 Å². The molecule has 0 amide bonds. The summed E-state index contributed by atoms with van der Waals surface area (Å²) < 4.78 is 1.32. The van der Waals surface area contributed by atoms with Crippen LogP contribution < -0.4 is 0 Å². The maximum absolute atomic E-state index is 11.0. The van der Waals surface area contributed by atoms with Crippen LogP contribution in [0.5, 0.6) is 0 Å². The van der Waals surface area contributed by atoms with Crippen LogP contribution in [-0.4, -0.2) is 15.1 Å². The first-order valence-corrected chi connectivity index (χ1v) is 13.5. The van der Waals surface area contributed by atoms with Crippen molar-refractivity contribution in [1.29, 1.82) is 0 Å². The van der Waals surface area contributed by atoms with Crippen molar-refractivity contribution in [3.63, 3.8) is 0 Å². The van der Waals surface area contributed by atoms with Crippen LogP contribution in [0.4, 0.5) is 0 Å². The molecule has 1 unspecified atom stereocenters. The summed E-state index contributed by atoms with van der Waals surface area (Å²) in [5.74, 6) is 6.33. The molecule has 0 aromatic carbocycles. The highest BCUT2D eigenvalue weighted by Crippen LogP contribution is 2.69. The summed E-state index contributed by atoms with van der Waals surface area (Å²) in [5, 5.41) is 11.0. The number of fused-ring (bicyclic) bond motifs is 5. The van der Waals surface area contributed by atoms with Gasteiger partial charge in [-0.2, -0.15) is 0 Å². The number of rotatable bonds is 3. The van der Waals surface area contributed by atoms with Gasteiger partial charge in [-0.05, 0) is 110 Å². The van der Waals surface area contributed by atoms with Crippen molar-refractivity contribution in [3.05, 3.63) is 0 Å². The van der Waals surface area contributed by atoms with Crippen molar-refractivity contribution in [2.45, 2.75) is 98.0 Å². The second-order valence-electron chi connectivity index (χ2n) is 11.9. The van der Waals surface area contributed by atoms with Crippen LogP contribution in [0, 0.1) is 52.3 Å². The molecule has 0 bridgehead atoms. The molecule has 0 aromatic rings. The lowest BCUT2D eigenvalue weighted by Gasteiger charge is -2.62. The van der Waals surface area contributed by atoms with Gasteiger partial charge in [-0.25, -0.2) is 0 Å². The quantitative estimate of drug-likeness (QED) is 0.333. The molecule has 1 N–H and O–H groups in total. The Hall–Kier alpha value is 0.690. The van der Waals surface area contributed by atoms with Gasteiger partial charge in [0, 0.05) is 4.43 Å². The highest BCUT2D eigenvalue weighted by atomic mass is 127. The lowest BCUT2D eigenvalue weighted by atomic mass is 9.43. The van der Waals surface area contributed by atoms with Crippen molar-refractivity contribution in [1.82, 2.24) is 0 Å². The van der Waals surface area contributed by atoms with E-state index in [0.717, 1.165) is 60.7 Å². The Bertz CT molecular complexity index is 563. The fraction of sp³-hybridized carbons (Fsp3) is 1.00. The van der Waals surface area contributed by atoms with Gasteiger partial charge in [0.05, 0.1) is 5.60 Å². The van der Waals surface area contributed by atoms with Gasteiger partial charge in [0.25, 0.3) is 0 Å². The molecule has 4 saturated carbocycles. The zero-order chi connectivity index (χ0) is 19.6. The Morgan fingerprint density at radius 2 is 1.78 bits per heavy atom. The van der Waals surface area contributed by atoms with Gasteiger partial charge in [-0.3, -0.25) is 0 Å². The molecule has 0 aliphatic heterocycles. The maximum Gasteiger partial charge on any atom is 0.0648 e. The number of hydrogen-bond acceptors (Lipinski definition) is 1. The van der Waals surface area contributed by atoms with E-state index >= 15 is 0 Å². The monoisotopic (exact) mass is 486 g/mol. The van der Waals surface area contributed by atoms with Crippen LogP contribution in [-0.2, 0) is 0 Å². The minimum atomic E-state index is -0.358. The normalized spacial score (nSPS) is 56.1. The molecular formula is C25H43IO. The second kappa shape index (κ2) is 7.13. The largest absolute Gasteiger partial charge is 0.390 e. The summed E-state index contributed by atoms with van der Waals surface area (Å²) in [6.07, 6.45) is 11.6. The van der Waals surface area contributed by atoms with Crippen molar-refractivity contribution in [2.24, 2.45) is 52.3 Å². The Kier molecular flexibility index (Phi) is 5.53.